The molecule has 2 N–H and O–H groups in total. The molecule has 0 aromatic heterocycles. The SMILES string of the molecule is CCC1CCC2(CC1)N=C(c1cccc(F)c1)C(=O)N2C(CCC(C)(C)C)c1ccc(C(=O)NCCC(=O)O)cc1. The summed E-state index contributed by atoms with van der Waals surface area (Å²) in [6.07, 6.45) is 5.98. The Morgan fingerprint density at radius 2 is 1.83 bits per heavy atom. The van der Waals surface area contributed by atoms with E-state index in [2.05, 4.69) is 33.0 Å². The molecule has 2 aliphatic rings. The highest BCUT2D eigenvalue weighted by Gasteiger charge is 2.51. The molecule has 220 valence electrons. The minimum absolute atomic E-state index is 0.0320. The second-order valence-corrected chi connectivity index (χ2v) is 12.6. The zero-order chi connectivity index (χ0) is 29.8. The quantitative estimate of drug-likeness (QED) is 0.344. The summed E-state index contributed by atoms with van der Waals surface area (Å²) in [6, 6.07) is 13.1. The number of carbonyl (C=O) groups excluding carboxylic acids is 2. The molecular formula is C33H42FN3O4. The molecule has 1 saturated carbocycles. The van der Waals surface area contributed by atoms with Crippen molar-refractivity contribution in [2.75, 3.05) is 6.54 Å². The van der Waals surface area contributed by atoms with Crippen LogP contribution in [-0.2, 0) is 9.59 Å². The van der Waals surface area contributed by atoms with E-state index < -0.39 is 17.4 Å². The molecule has 1 aliphatic heterocycles. The Hall–Kier alpha value is -3.55. The summed E-state index contributed by atoms with van der Waals surface area (Å²) in [5.74, 6) is -1.30. The van der Waals surface area contributed by atoms with Gasteiger partial charge in [0.2, 0.25) is 0 Å². The third kappa shape index (κ3) is 7.21. The average Bonchev–Trinajstić information content (AvgIpc) is 3.20. The van der Waals surface area contributed by atoms with Crippen molar-refractivity contribution in [2.45, 2.75) is 90.8 Å². The van der Waals surface area contributed by atoms with Crippen molar-refractivity contribution in [1.82, 2.24) is 10.2 Å². The molecule has 0 radical (unpaired) electrons. The predicted molar refractivity (Wildman–Crippen MR) is 157 cm³/mol. The van der Waals surface area contributed by atoms with E-state index in [0.29, 0.717) is 29.2 Å². The second-order valence-electron chi connectivity index (χ2n) is 12.6. The Bertz CT molecular complexity index is 1290. The van der Waals surface area contributed by atoms with Gasteiger partial charge in [-0.05, 0) is 79.7 Å². The van der Waals surface area contributed by atoms with Gasteiger partial charge in [0.1, 0.15) is 17.2 Å². The zero-order valence-corrected chi connectivity index (χ0v) is 24.6. The van der Waals surface area contributed by atoms with Crippen molar-refractivity contribution in [1.29, 1.82) is 0 Å². The Morgan fingerprint density at radius 3 is 2.41 bits per heavy atom. The molecule has 2 aromatic carbocycles. The Morgan fingerprint density at radius 1 is 1.15 bits per heavy atom. The molecule has 2 aromatic rings. The fourth-order valence-electron chi connectivity index (χ4n) is 6.03. The molecule has 4 rings (SSSR count). The monoisotopic (exact) mass is 563 g/mol. The lowest BCUT2D eigenvalue weighted by atomic mass is 9.78. The lowest BCUT2D eigenvalue weighted by Crippen LogP contribution is -2.51. The highest BCUT2D eigenvalue weighted by atomic mass is 19.1. The van der Waals surface area contributed by atoms with Gasteiger partial charge in [-0.25, -0.2) is 4.39 Å². The van der Waals surface area contributed by atoms with Crippen molar-refractivity contribution in [3.8, 4) is 0 Å². The van der Waals surface area contributed by atoms with E-state index in [1.807, 2.05) is 17.0 Å². The Balaban J connectivity index is 1.70. The van der Waals surface area contributed by atoms with Crippen LogP contribution in [0.5, 0.6) is 0 Å². The maximum absolute atomic E-state index is 14.3. The van der Waals surface area contributed by atoms with Crippen LogP contribution in [0, 0.1) is 17.2 Å². The lowest BCUT2D eigenvalue weighted by Gasteiger charge is -2.45. The van der Waals surface area contributed by atoms with E-state index in [4.69, 9.17) is 10.1 Å². The first-order chi connectivity index (χ1) is 19.4. The van der Waals surface area contributed by atoms with E-state index >= 15 is 0 Å². The Kier molecular flexibility index (Phi) is 9.30. The number of amides is 2. The van der Waals surface area contributed by atoms with Gasteiger partial charge in [0.15, 0.2) is 0 Å². The molecule has 41 heavy (non-hydrogen) atoms. The van der Waals surface area contributed by atoms with Gasteiger partial charge in [0.05, 0.1) is 12.5 Å². The number of carboxylic acids is 1. The highest BCUT2D eigenvalue weighted by molar-refractivity contribution is 6.46. The van der Waals surface area contributed by atoms with Gasteiger partial charge in [-0.1, -0.05) is 58.4 Å². The third-order valence-corrected chi connectivity index (χ3v) is 8.43. The molecule has 1 unspecified atom stereocenters. The number of aliphatic carboxylic acids is 1. The molecule has 8 heteroatoms. The van der Waals surface area contributed by atoms with Gasteiger partial charge in [0, 0.05) is 17.7 Å². The molecule has 1 heterocycles. The summed E-state index contributed by atoms with van der Waals surface area (Å²) in [6.45, 7) is 8.78. The van der Waals surface area contributed by atoms with E-state index in [0.717, 1.165) is 44.1 Å². The van der Waals surface area contributed by atoms with Crippen LogP contribution in [0.4, 0.5) is 4.39 Å². The van der Waals surface area contributed by atoms with Crippen molar-refractivity contribution in [2.24, 2.45) is 16.3 Å². The number of hydrogen-bond donors (Lipinski definition) is 2. The topological polar surface area (TPSA) is 99.1 Å². The van der Waals surface area contributed by atoms with Gasteiger partial charge in [-0.15, -0.1) is 0 Å². The van der Waals surface area contributed by atoms with Gasteiger partial charge < -0.3 is 15.3 Å². The molecule has 7 nitrogen and oxygen atoms in total. The van der Waals surface area contributed by atoms with Gasteiger partial charge in [-0.3, -0.25) is 19.4 Å². The van der Waals surface area contributed by atoms with Crippen LogP contribution in [0.25, 0.3) is 0 Å². The summed E-state index contributed by atoms with van der Waals surface area (Å²) in [5.41, 5.74) is 1.49. The van der Waals surface area contributed by atoms with Crippen molar-refractivity contribution >= 4 is 23.5 Å². The molecule has 2 amide bonds. The molecule has 1 spiro atoms. The normalized spacial score (nSPS) is 21.6. The van der Waals surface area contributed by atoms with Crippen molar-refractivity contribution in [3.05, 3.63) is 71.0 Å². The maximum Gasteiger partial charge on any atom is 0.305 e. The van der Waals surface area contributed by atoms with E-state index in [1.54, 1.807) is 24.3 Å². The van der Waals surface area contributed by atoms with Crippen LogP contribution in [0.15, 0.2) is 53.5 Å². The number of aliphatic imine (C=N–C) groups is 1. The number of hydrogen-bond acceptors (Lipinski definition) is 4. The van der Waals surface area contributed by atoms with Crippen molar-refractivity contribution < 1.29 is 23.9 Å². The van der Waals surface area contributed by atoms with Crippen LogP contribution >= 0.6 is 0 Å². The van der Waals surface area contributed by atoms with Crippen molar-refractivity contribution in [3.63, 3.8) is 0 Å². The second kappa shape index (κ2) is 12.5. The molecule has 1 atom stereocenters. The smallest absolute Gasteiger partial charge is 0.305 e. The van der Waals surface area contributed by atoms with Crippen LogP contribution in [-0.4, -0.2) is 45.7 Å². The molecule has 0 saturated heterocycles. The number of nitrogens with one attached hydrogen (secondary N) is 1. The van der Waals surface area contributed by atoms with E-state index in [9.17, 15) is 18.8 Å². The largest absolute Gasteiger partial charge is 0.481 e. The van der Waals surface area contributed by atoms with Gasteiger partial charge in [0.25, 0.3) is 11.8 Å². The number of nitrogens with zero attached hydrogens (tertiary/aromatic N) is 2. The van der Waals surface area contributed by atoms with E-state index in [1.165, 1.54) is 12.1 Å². The minimum atomic E-state index is -0.973. The zero-order valence-electron chi connectivity index (χ0n) is 24.6. The first-order valence-corrected chi connectivity index (χ1v) is 14.7. The molecular weight excluding hydrogens is 521 g/mol. The first-order valence-electron chi connectivity index (χ1n) is 14.7. The summed E-state index contributed by atoms with van der Waals surface area (Å²) >= 11 is 0. The maximum atomic E-state index is 14.3. The van der Waals surface area contributed by atoms with E-state index in [-0.39, 0.29) is 36.2 Å². The fraction of sp³-hybridized carbons (Fsp3) is 0.515. The summed E-state index contributed by atoms with van der Waals surface area (Å²) in [7, 11) is 0. The third-order valence-electron chi connectivity index (χ3n) is 8.43. The summed E-state index contributed by atoms with van der Waals surface area (Å²) in [5, 5.41) is 11.5. The average molecular weight is 564 g/mol. The molecule has 1 aliphatic carbocycles. The Labute approximate surface area is 242 Å². The first kappa shape index (κ1) is 30.4. The van der Waals surface area contributed by atoms with Crippen LogP contribution < -0.4 is 5.32 Å². The number of carboxylic acid groups (broad SMARTS) is 1. The number of halogens is 1. The van der Waals surface area contributed by atoms with Crippen LogP contribution in [0.1, 0.15) is 107 Å². The van der Waals surface area contributed by atoms with Crippen LogP contribution in [0.3, 0.4) is 0 Å². The number of carbonyl (C=O) groups is 3. The molecule has 0 bridgehead atoms. The standard InChI is InChI=1S/C33H42FN3O4/c1-5-22-13-18-33(19-14-22)36-29(25-7-6-8-26(34)21-25)31(41)37(33)27(15-17-32(2,3)4)23-9-11-24(12-10-23)30(40)35-20-16-28(38)39/h6-12,21-22,27H,5,13-20H2,1-4H3,(H,35,40)(H,38,39). The predicted octanol–water partition coefficient (Wildman–Crippen LogP) is 6.53. The summed E-state index contributed by atoms with van der Waals surface area (Å²) in [4.78, 5) is 44.8. The van der Waals surface area contributed by atoms with Gasteiger partial charge >= 0.3 is 5.97 Å². The minimum Gasteiger partial charge on any atom is -0.481 e. The fourth-order valence-corrected chi connectivity index (χ4v) is 6.03. The molecule has 1 fully saturated rings. The van der Waals surface area contributed by atoms with Crippen LogP contribution in [0.2, 0.25) is 0 Å². The summed E-state index contributed by atoms with van der Waals surface area (Å²) < 4.78 is 14.2. The lowest BCUT2D eigenvalue weighted by molar-refractivity contribution is -0.137. The highest BCUT2D eigenvalue weighted by Crippen LogP contribution is 2.48. The number of rotatable bonds is 10. The van der Waals surface area contributed by atoms with Gasteiger partial charge in [-0.2, -0.15) is 0 Å². The number of benzene rings is 2.